The van der Waals surface area contributed by atoms with E-state index < -0.39 is 0 Å². The number of aromatic nitrogens is 2. The lowest BCUT2D eigenvalue weighted by atomic mass is 10.1. The molecule has 0 N–H and O–H groups in total. The minimum Gasteiger partial charge on any atom is -0.467 e. The van der Waals surface area contributed by atoms with E-state index in [1.54, 1.807) is 0 Å². The number of halogens is 1. The van der Waals surface area contributed by atoms with Crippen LogP contribution in [0.1, 0.15) is 19.3 Å². The highest BCUT2D eigenvalue weighted by molar-refractivity contribution is 9.10. The van der Waals surface area contributed by atoms with Crippen LogP contribution < -0.4 is 4.74 Å². The van der Waals surface area contributed by atoms with Gasteiger partial charge in [-0.05, 0) is 37.5 Å². The molecule has 0 bridgehead atoms. The number of piperidine rings is 1. The average Bonchev–Trinajstić information content (AvgIpc) is 2.53. The van der Waals surface area contributed by atoms with E-state index in [-0.39, 0.29) is 12.5 Å². The molecular weight excluding hydrogens is 334 g/mol. The normalized spacial score (nSPS) is 15.2. The topological polar surface area (TPSA) is 55.3 Å². The summed E-state index contributed by atoms with van der Waals surface area (Å²) in [6.07, 6.45) is 4.82. The largest absolute Gasteiger partial charge is 0.467 e. The van der Waals surface area contributed by atoms with Crippen LogP contribution in [0.3, 0.4) is 0 Å². The zero-order valence-corrected chi connectivity index (χ0v) is 13.2. The Morgan fingerprint density at radius 3 is 2.86 bits per heavy atom. The Hall–Kier alpha value is -1.69. The molecule has 0 radical (unpaired) electrons. The van der Waals surface area contributed by atoms with Crippen molar-refractivity contribution in [2.75, 3.05) is 19.7 Å². The maximum atomic E-state index is 12.1. The molecule has 1 saturated heterocycles. The van der Waals surface area contributed by atoms with E-state index >= 15 is 0 Å². The second-order valence-electron chi connectivity index (χ2n) is 5.07. The Kier molecular flexibility index (Phi) is 4.34. The molecular formula is C15H16BrN3O2. The molecule has 21 heavy (non-hydrogen) atoms. The van der Waals surface area contributed by atoms with E-state index in [2.05, 4.69) is 25.9 Å². The van der Waals surface area contributed by atoms with Crippen LogP contribution in [0.15, 0.2) is 29.0 Å². The van der Waals surface area contributed by atoms with E-state index in [1.165, 1.54) is 12.7 Å². The highest BCUT2D eigenvalue weighted by atomic mass is 79.9. The molecule has 6 heteroatoms. The predicted molar refractivity (Wildman–Crippen MR) is 83.2 cm³/mol. The quantitative estimate of drug-likeness (QED) is 0.854. The zero-order chi connectivity index (χ0) is 14.7. The van der Waals surface area contributed by atoms with Gasteiger partial charge in [0.05, 0.1) is 10.9 Å². The van der Waals surface area contributed by atoms with E-state index in [9.17, 15) is 4.79 Å². The molecule has 1 fully saturated rings. The van der Waals surface area contributed by atoms with E-state index in [0.29, 0.717) is 5.88 Å². The lowest BCUT2D eigenvalue weighted by molar-refractivity contribution is -0.134. The molecule has 2 heterocycles. The Morgan fingerprint density at radius 2 is 2.05 bits per heavy atom. The summed E-state index contributed by atoms with van der Waals surface area (Å²) >= 11 is 3.42. The number of benzene rings is 1. The molecule has 1 aliphatic heterocycles. The van der Waals surface area contributed by atoms with Crippen molar-refractivity contribution in [2.45, 2.75) is 19.3 Å². The second-order valence-corrected chi connectivity index (χ2v) is 5.99. The van der Waals surface area contributed by atoms with E-state index in [1.807, 2.05) is 23.1 Å². The lowest BCUT2D eigenvalue weighted by Gasteiger charge is -2.26. The monoisotopic (exact) mass is 349 g/mol. The summed E-state index contributed by atoms with van der Waals surface area (Å²) in [6, 6.07) is 5.70. The number of likely N-dealkylation sites (tertiary alicyclic amines) is 1. The fourth-order valence-electron chi connectivity index (χ4n) is 2.48. The minimum atomic E-state index is 0.0245. The van der Waals surface area contributed by atoms with Crippen LogP contribution in [0.25, 0.3) is 10.9 Å². The first-order valence-corrected chi connectivity index (χ1v) is 7.84. The van der Waals surface area contributed by atoms with Gasteiger partial charge in [-0.3, -0.25) is 4.79 Å². The van der Waals surface area contributed by atoms with E-state index in [0.717, 1.165) is 41.3 Å². The number of carbonyl (C=O) groups is 1. The van der Waals surface area contributed by atoms with Crippen molar-refractivity contribution in [1.29, 1.82) is 0 Å². The van der Waals surface area contributed by atoms with Gasteiger partial charge in [0.2, 0.25) is 5.88 Å². The zero-order valence-electron chi connectivity index (χ0n) is 11.6. The van der Waals surface area contributed by atoms with Gasteiger partial charge in [-0.25, -0.2) is 9.97 Å². The third-order valence-corrected chi connectivity index (χ3v) is 4.10. The van der Waals surface area contributed by atoms with Crippen LogP contribution in [-0.2, 0) is 4.79 Å². The summed E-state index contributed by atoms with van der Waals surface area (Å²) in [4.78, 5) is 22.3. The molecule has 2 aromatic rings. The molecule has 1 amide bonds. The van der Waals surface area contributed by atoms with Crippen molar-refractivity contribution in [3.8, 4) is 5.88 Å². The molecule has 0 spiro atoms. The molecule has 1 aromatic heterocycles. The second kappa shape index (κ2) is 6.39. The highest BCUT2D eigenvalue weighted by Gasteiger charge is 2.17. The molecule has 0 atom stereocenters. The Morgan fingerprint density at radius 1 is 1.24 bits per heavy atom. The van der Waals surface area contributed by atoms with Crippen molar-refractivity contribution in [2.24, 2.45) is 0 Å². The summed E-state index contributed by atoms with van der Waals surface area (Å²) in [5.74, 6) is 0.475. The van der Waals surface area contributed by atoms with Gasteiger partial charge < -0.3 is 9.64 Å². The van der Waals surface area contributed by atoms with Gasteiger partial charge in [-0.1, -0.05) is 15.9 Å². The Balaban J connectivity index is 1.72. The van der Waals surface area contributed by atoms with Gasteiger partial charge in [0.25, 0.3) is 5.91 Å². The van der Waals surface area contributed by atoms with Gasteiger partial charge in [-0.15, -0.1) is 0 Å². The van der Waals surface area contributed by atoms with Gasteiger partial charge >= 0.3 is 0 Å². The Labute approximate surface area is 131 Å². The van der Waals surface area contributed by atoms with Gasteiger partial charge in [-0.2, -0.15) is 0 Å². The molecule has 1 aromatic carbocycles. The van der Waals surface area contributed by atoms with Crippen molar-refractivity contribution in [3.63, 3.8) is 0 Å². The molecule has 0 saturated carbocycles. The molecule has 110 valence electrons. The first kappa shape index (κ1) is 14.3. The lowest BCUT2D eigenvalue weighted by Crippen LogP contribution is -2.38. The maximum absolute atomic E-state index is 12.1. The molecule has 0 unspecified atom stereocenters. The van der Waals surface area contributed by atoms with Crippen LogP contribution in [-0.4, -0.2) is 40.5 Å². The number of hydrogen-bond acceptors (Lipinski definition) is 4. The summed E-state index contributed by atoms with van der Waals surface area (Å²) in [7, 11) is 0. The van der Waals surface area contributed by atoms with Crippen LogP contribution in [0.4, 0.5) is 0 Å². The molecule has 0 aliphatic carbocycles. The van der Waals surface area contributed by atoms with Gasteiger partial charge in [0, 0.05) is 17.6 Å². The number of amides is 1. The van der Waals surface area contributed by atoms with Crippen LogP contribution in [0.2, 0.25) is 0 Å². The fraction of sp³-hybridized carbons (Fsp3) is 0.400. The van der Waals surface area contributed by atoms with Crippen LogP contribution in [0, 0.1) is 0 Å². The first-order chi connectivity index (χ1) is 10.2. The average molecular weight is 350 g/mol. The number of ether oxygens (including phenoxy) is 1. The number of carbonyl (C=O) groups excluding carboxylic acids is 1. The standard InChI is InChI=1S/C15H16BrN3O2/c16-11-4-5-13-12(8-11)15(18-10-17-13)21-9-14(20)19-6-2-1-3-7-19/h4-5,8,10H,1-3,6-7,9H2. The van der Waals surface area contributed by atoms with Gasteiger partial charge in [0.1, 0.15) is 6.33 Å². The smallest absolute Gasteiger partial charge is 0.260 e. The van der Waals surface area contributed by atoms with Crippen molar-refractivity contribution in [1.82, 2.24) is 14.9 Å². The van der Waals surface area contributed by atoms with Gasteiger partial charge in [0.15, 0.2) is 6.61 Å². The first-order valence-electron chi connectivity index (χ1n) is 7.05. The number of nitrogens with zero attached hydrogens (tertiary/aromatic N) is 3. The van der Waals surface area contributed by atoms with Crippen molar-refractivity contribution in [3.05, 3.63) is 29.0 Å². The minimum absolute atomic E-state index is 0.0245. The van der Waals surface area contributed by atoms with Crippen LogP contribution >= 0.6 is 15.9 Å². The number of fused-ring (bicyclic) bond motifs is 1. The van der Waals surface area contributed by atoms with Crippen molar-refractivity contribution >= 4 is 32.7 Å². The fourth-order valence-corrected chi connectivity index (χ4v) is 2.85. The molecule has 5 nitrogen and oxygen atoms in total. The van der Waals surface area contributed by atoms with Crippen LogP contribution in [0.5, 0.6) is 5.88 Å². The third-order valence-electron chi connectivity index (χ3n) is 3.60. The molecule has 1 aliphatic rings. The van der Waals surface area contributed by atoms with Crippen molar-refractivity contribution < 1.29 is 9.53 Å². The predicted octanol–water partition coefficient (Wildman–Crippen LogP) is 2.78. The summed E-state index contributed by atoms with van der Waals surface area (Å²) in [5.41, 5.74) is 0.800. The third kappa shape index (κ3) is 3.32. The Bertz CT molecular complexity index is 656. The summed E-state index contributed by atoms with van der Waals surface area (Å²) in [6.45, 7) is 1.69. The maximum Gasteiger partial charge on any atom is 0.260 e. The SMILES string of the molecule is O=C(COc1ncnc2ccc(Br)cc12)N1CCCCC1. The summed E-state index contributed by atoms with van der Waals surface area (Å²) in [5, 5.41) is 0.804. The number of rotatable bonds is 3. The molecule has 3 rings (SSSR count). The summed E-state index contributed by atoms with van der Waals surface area (Å²) < 4.78 is 6.55. The van der Waals surface area contributed by atoms with E-state index in [4.69, 9.17) is 4.74 Å². The highest BCUT2D eigenvalue weighted by Crippen LogP contribution is 2.24. The number of hydrogen-bond donors (Lipinski definition) is 0.